The lowest BCUT2D eigenvalue weighted by atomic mass is 9.85. The van der Waals surface area contributed by atoms with Crippen molar-refractivity contribution in [1.82, 2.24) is 0 Å². The van der Waals surface area contributed by atoms with Gasteiger partial charge in [0.2, 0.25) is 0 Å². The number of carbonyl (C=O) groups is 1. The summed E-state index contributed by atoms with van der Waals surface area (Å²) in [6, 6.07) is 10.3. The fraction of sp³-hybridized carbons (Fsp3) is 0.562. The summed E-state index contributed by atoms with van der Waals surface area (Å²) in [7, 11) is 0. The van der Waals surface area contributed by atoms with Gasteiger partial charge in [-0.05, 0) is 24.3 Å². The summed E-state index contributed by atoms with van der Waals surface area (Å²) in [5, 5.41) is 0. The lowest BCUT2D eigenvalue weighted by Gasteiger charge is -2.18. The van der Waals surface area contributed by atoms with E-state index in [1.54, 1.807) is 0 Å². The van der Waals surface area contributed by atoms with E-state index < -0.39 is 0 Å². The third-order valence-corrected chi connectivity index (χ3v) is 3.67. The molecule has 1 aromatic carbocycles. The molecule has 92 valence electrons. The lowest BCUT2D eigenvalue weighted by molar-refractivity contribution is -0.123. The van der Waals surface area contributed by atoms with Crippen LogP contribution in [-0.2, 0) is 4.79 Å². The second-order valence-corrected chi connectivity index (χ2v) is 5.54. The van der Waals surface area contributed by atoms with Gasteiger partial charge >= 0.3 is 0 Å². The zero-order valence-corrected chi connectivity index (χ0v) is 10.9. The topological polar surface area (TPSA) is 17.1 Å². The molecule has 0 spiro atoms. The Bertz CT molecular complexity index is 362. The van der Waals surface area contributed by atoms with Gasteiger partial charge in [-0.15, -0.1) is 0 Å². The summed E-state index contributed by atoms with van der Waals surface area (Å²) in [5.74, 6) is 1.56. The zero-order chi connectivity index (χ0) is 12.3. The summed E-state index contributed by atoms with van der Waals surface area (Å²) in [4.78, 5) is 12.3. The third kappa shape index (κ3) is 3.42. The minimum absolute atomic E-state index is 0.122. The number of carbonyl (C=O) groups excluding carboxylic acids is 1. The van der Waals surface area contributed by atoms with Crippen LogP contribution < -0.4 is 0 Å². The molecular formula is C16H22O. The van der Waals surface area contributed by atoms with E-state index in [0.29, 0.717) is 5.78 Å². The predicted molar refractivity (Wildman–Crippen MR) is 71.0 cm³/mol. The van der Waals surface area contributed by atoms with E-state index in [1.807, 2.05) is 32.0 Å². The fourth-order valence-corrected chi connectivity index (χ4v) is 2.37. The van der Waals surface area contributed by atoms with Crippen molar-refractivity contribution < 1.29 is 4.79 Å². The summed E-state index contributed by atoms with van der Waals surface area (Å²) in [5.41, 5.74) is 1.20. The van der Waals surface area contributed by atoms with Crippen molar-refractivity contribution in [2.45, 2.75) is 45.4 Å². The van der Waals surface area contributed by atoms with Crippen molar-refractivity contribution in [3.05, 3.63) is 35.9 Å². The van der Waals surface area contributed by atoms with Crippen molar-refractivity contribution in [2.75, 3.05) is 0 Å². The van der Waals surface area contributed by atoms with E-state index in [9.17, 15) is 4.79 Å². The van der Waals surface area contributed by atoms with Gasteiger partial charge in [0.15, 0.2) is 0 Å². The lowest BCUT2D eigenvalue weighted by Crippen LogP contribution is -2.18. The maximum absolute atomic E-state index is 12.3. The average Bonchev–Trinajstić information content (AvgIpc) is 3.14. The molecule has 2 rings (SSSR count). The van der Waals surface area contributed by atoms with Gasteiger partial charge in [-0.3, -0.25) is 4.79 Å². The monoisotopic (exact) mass is 230 g/mol. The molecule has 1 aliphatic rings. The fourth-order valence-electron chi connectivity index (χ4n) is 2.37. The van der Waals surface area contributed by atoms with E-state index in [0.717, 1.165) is 12.3 Å². The highest BCUT2D eigenvalue weighted by atomic mass is 16.1. The highest BCUT2D eigenvalue weighted by molar-refractivity contribution is 5.87. The Balaban J connectivity index is 2.08. The van der Waals surface area contributed by atoms with Gasteiger partial charge in [0.1, 0.15) is 5.78 Å². The maximum Gasteiger partial charge on any atom is 0.142 e. The number of hydrogen-bond acceptors (Lipinski definition) is 1. The van der Waals surface area contributed by atoms with E-state index >= 15 is 0 Å². The third-order valence-electron chi connectivity index (χ3n) is 3.67. The first-order valence-corrected chi connectivity index (χ1v) is 6.77. The Morgan fingerprint density at radius 1 is 1.24 bits per heavy atom. The quantitative estimate of drug-likeness (QED) is 0.716. The molecule has 1 aromatic rings. The van der Waals surface area contributed by atoms with E-state index in [-0.39, 0.29) is 11.8 Å². The minimum Gasteiger partial charge on any atom is -0.299 e. The van der Waals surface area contributed by atoms with Crippen LogP contribution in [0, 0.1) is 11.8 Å². The molecule has 0 heterocycles. The number of rotatable bonds is 6. The van der Waals surface area contributed by atoms with E-state index in [1.165, 1.54) is 24.8 Å². The Hall–Kier alpha value is -1.11. The number of ketones is 1. The number of hydrogen-bond donors (Lipinski definition) is 0. The smallest absolute Gasteiger partial charge is 0.142 e. The normalized spacial score (nSPS) is 17.1. The molecule has 17 heavy (non-hydrogen) atoms. The van der Waals surface area contributed by atoms with Crippen LogP contribution >= 0.6 is 0 Å². The predicted octanol–water partition coefficient (Wildman–Crippen LogP) is 4.19. The Morgan fingerprint density at radius 3 is 2.41 bits per heavy atom. The number of benzene rings is 1. The van der Waals surface area contributed by atoms with Crippen LogP contribution in [-0.4, -0.2) is 5.78 Å². The van der Waals surface area contributed by atoms with E-state index in [4.69, 9.17) is 0 Å². The molecule has 1 nitrogen and oxygen atoms in total. The van der Waals surface area contributed by atoms with Crippen molar-refractivity contribution in [3.8, 4) is 0 Å². The van der Waals surface area contributed by atoms with Gasteiger partial charge in [0.25, 0.3) is 0 Å². The van der Waals surface area contributed by atoms with Gasteiger partial charge in [0, 0.05) is 11.8 Å². The van der Waals surface area contributed by atoms with Crippen LogP contribution in [0.5, 0.6) is 0 Å². The summed E-state index contributed by atoms with van der Waals surface area (Å²) in [6.45, 7) is 4.02. The first kappa shape index (κ1) is 12.3. The SMILES string of the molecule is CC(C)C(=O)C(CCC1CC1)c1ccccc1. The average molecular weight is 230 g/mol. The molecule has 0 saturated heterocycles. The minimum atomic E-state index is 0.122. The van der Waals surface area contributed by atoms with Gasteiger partial charge in [-0.1, -0.05) is 57.0 Å². The highest BCUT2D eigenvalue weighted by Crippen LogP contribution is 2.37. The van der Waals surface area contributed by atoms with Crippen LogP contribution in [0.25, 0.3) is 0 Å². The molecular weight excluding hydrogens is 208 g/mol. The first-order valence-electron chi connectivity index (χ1n) is 6.77. The van der Waals surface area contributed by atoms with Gasteiger partial charge < -0.3 is 0 Å². The largest absolute Gasteiger partial charge is 0.299 e. The molecule has 1 atom stereocenters. The van der Waals surface area contributed by atoms with Crippen molar-refractivity contribution >= 4 is 5.78 Å². The first-order chi connectivity index (χ1) is 8.18. The Labute approximate surface area is 104 Å². The Morgan fingerprint density at radius 2 is 1.88 bits per heavy atom. The van der Waals surface area contributed by atoms with Crippen LogP contribution in [0.15, 0.2) is 30.3 Å². The van der Waals surface area contributed by atoms with Gasteiger partial charge in [-0.2, -0.15) is 0 Å². The van der Waals surface area contributed by atoms with Crippen molar-refractivity contribution in [1.29, 1.82) is 0 Å². The molecule has 0 radical (unpaired) electrons. The highest BCUT2D eigenvalue weighted by Gasteiger charge is 2.27. The second kappa shape index (κ2) is 5.48. The Kier molecular flexibility index (Phi) is 3.98. The van der Waals surface area contributed by atoms with Crippen LogP contribution in [0.1, 0.15) is 51.0 Å². The molecule has 0 amide bonds. The second-order valence-electron chi connectivity index (χ2n) is 5.54. The van der Waals surface area contributed by atoms with Gasteiger partial charge in [-0.25, -0.2) is 0 Å². The standard InChI is InChI=1S/C16H22O/c1-12(2)16(17)15(11-10-13-8-9-13)14-6-4-3-5-7-14/h3-7,12-13,15H,8-11H2,1-2H3. The molecule has 0 N–H and O–H groups in total. The maximum atomic E-state index is 12.3. The summed E-state index contributed by atoms with van der Waals surface area (Å²) in [6.07, 6.45) is 5.00. The molecule has 0 aliphatic heterocycles. The molecule has 1 fully saturated rings. The number of Topliss-reactive ketones (excluding diaryl/α,β-unsaturated/α-hetero) is 1. The molecule has 1 saturated carbocycles. The van der Waals surface area contributed by atoms with E-state index in [2.05, 4.69) is 12.1 Å². The van der Waals surface area contributed by atoms with Gasteiger partial charge in [0.05, 0.1) is 0 Å². The van der Waals surface area contributed by atoms with Crippen LogP contribution in [0.3, 0.4) is 0 Å². The molecule has 1 heteroatoms. The summed E-state index contributed by atoms with van der Waals surface area (Å²) >= 11 is 0. The van der Waals surface area contributed by atoms with Crippen molar-refractivity contribution in [2.24, 2.45) is 11.8 Å². The summed E-state index contributed by atoms with van der Waals surface area (Å²) < 4.78 is 0. The molecule has 0 bridgehead atoms. The molecule has 1 aliphatic carbocycles. The van der Waals surface area contributed by atoms with Crippen LogP contribution in [0.2, 0.25) is 0 Å². The van der Waals surface area contributed by atoms with Crippen molar-refractivity contribution in [3.63, 3.8) is 0 Å². The zero-order valence-electron chi connectivity index (χ0n) is 10.9. The van der Waals surface area contributed by atoms with Crippen LogP contribution in [0.4, 0.5) is 0 Å². The molecule has 1 unspecified atom stereocenters. The molecule has 0 aromatic heterocycles.